The highest BCUT2D eigenvalue weighted by molar-refractivity contribution is 7.13. The molecule has 8 rings (SSSR count). The first kappa shape index (κ1) is 68.6. The molecule has 4 fully saturated rings. The maximum atomic E-state index is 13.7. The monoisotopic (exact) mass is 1240 g/mol. The first-order valence-corrected chi connectivity index (χ1v) is 31.2. The molecule has 0 unspecified atom stereocenters. The van der Waals surface area contributed by atoms with E-state index in [1.165, 1.54) is 29.1 Å². The molecule has 85 heavy (non-hydrogen) atoms. The molecule has 7 N–H and O–H groups in total. The average molecular weight is 1240 g/mol. The van der Waals surface area contributed by atoms with Crippen molar-refractivity contribution in [3.8, 4) is 20.9 Å². The summed E-state index contributed by atoms with van der Waals surface area (Å²) < 4.78 is 11.2. The number of benzene rings is 2. The molecule has 468 valence electrons. The number of aryl methyl sites for hydroxylation is 2. The zero-order chi connectivity index (χ0) is 60.6. The number of nitrogens with one attached hydrogen (secondary N) is 5. The molecule has 6 heterocycles. The van der Waals surface area contributed by atoms with Gasteiger partial charge in [0.2, 0.25) is 35.4 Å². The van der Waals surface area contributed by atoms with E-state index in [0.717, 1.165) is 95.8 Å². The van der Waals surface area contributed by atoms with Crippen LogP contribution in [0.3, 0.4) is 0 Å². The summed E-state index contributed by atoms with van der Waals surface area (Å²) in [4.78, 5) is 97.8. The molecule has 21 nitrogen and oxygen atoms in total. The van der Waals surface area contributed by atoms with Crippen LogP contribution in [0, 0.1) is 24.7 Å². The van der Waals surface area contributed by atoms with E-state index in [-0.39, 0.29) is 81.1 Å². The zero-order valence-corrected chi connectivity index (χ0v) is 53.1. The number of amides is 6. The summed E-state index contributed by atoms with van der Waals surface area (Å²) in [6.45, 7) is 23.8. The predicted octanol–water partition coefficient (Wildman–Crippen LogP) is 4.30. The molecule has 4 aliphatic heterocycles. The highest BCUT2D eigenvalue weighted by Gasteiger charge is 2.46. The number of ether oxygens (including phenoxy) is 2. The lowest BCUT2D eigenvalue weighted by atomic mass is 9.85. The fourth-order valence-corrected chi connectivity index (χ4v) is 12.4. The van der Waals surface area contributed by atoms with Crippen molar-refractivity contribution in [2.24, 2.45) is 10.8 Å². The molecule has 0 bridgehead atoms. The summed E-state index contributed by atoms with van der Waals surface area (Å²) in [6, 6.07) is 12.4. The Morgan fingerprint density at radius 3 is 1.36 bits per heavy atom. The summed E-state index contributed by atoms with van der Waals surface area (Å²) in [7, 11) is 0. The summed E-state index contributed by atoms with van der Waals surface area (Å²) in [6.07, 6.45) is 2.30. The highest BCUT2D eigenvalue weighted by Crippen LogP contribution is 2.31. The number of carbonyl (C=O) groups is 6. The summed E-state index contributed by atoms with van der Waals surface area (Å²) >= 11 is 3.17. The van der Waals surface area contributed by atoms with Crippen molar-refractivity contribution in [3.63, 3.8) is 0 Å². The Balaban J connectivity index is 0.000000269. The lowest BCUT2D eigenvalue weighted by Crippen LogP contribution is -2.58. The number of likely N-dealkylation sites (tertiary alicyclic amines) is 3. The molecule has 6 atom stereocenters. The van der Waals surface area contributed by atoms with Crippen LogP contribution in [-0.4, -0.2) is 203 Å². The van der Waals surface area contributed by atoms with Crippen molar-refractivity contribution in [1.29, 1.82) is 0 Å². The van der Waals surface area contributed by atoms with Gasteiger partial charge in [0.1, 0.15) is 37.4 Å². The number of aliphatic hydroxyl groups is 2. The molecule has 6 amide bonds. The third-order valence-electron chi connectivity index (χ3n) is 15.7. The molecule has 24 heteroatoms. The van der Waals surface area contributed by atoms with Gasteiger partial charge in [0.05, 0.1) is 57.6 Å². The van der Waals surface area contributed by atoms with E-state index in [4.69, 9.17) is 9.47 Å². The van der Waals surface area contributed by atoms with Gasteiger partial charge in [0, 0.05) is 78.3 Å². The first-order chi connectivity index (χ1) is 40.0. The van der Waals surface area contributed by atoms with Crippen LogP contribution in [0.5, 0.6) is 0 Å². The lowest BCUT2D eigenvalue weighted by molar-refractivity contribution is -0.144. The second kappa shape index (κ2) is 32.5. The van der Waals surface area contributed by atoms with Gasteiger partial charge in [0.25, 0.3) is 0 Å². The third-order valence-corrected chi connectivity index (χ3v) is 17.6. The van der Waals surface area contributed by atoms with Crippen LogP contribution in [0.2, 0.25) is 0 Å². The zero-order valence-electron chi connectivity index (χ0n) is 50.7. The standard InChI is InChI=1S/C31H45N5O5S.C30H44N6O5S.ClH/c1-21-27(42-20-33-21)23-10-8-22(9-11-23)17-32-29(39)25-16-24(37)18-36(25)30(40)28(31(2,3)4)34-26(38)19-41-15-14-35-12-6-5-7-13-35;1-20-26(42-19-33-20)22-7-5-21(6-8-22)16-32-28(39)24-15-23(37)17-36(24)29(40)27(30(2,3)4)34-25(38)18-41-14-13-35-11-9-31-10-12-35;/h8-11,20,24-25,28,37H,5-7,12-19H2,1-4H3,(H,32,39)(H,34,38);5-8,19,23-24,27,31,37H,9-18H2,1-4H3,(H,32,39)(H,34,38);1H/t24-,25+,28-;23-,24+,27-;/m11./s1. The van der Waals surface area contributed by atoms with E-state index in [0.29, 0.717) is 26.3 Å². The number of halogens is 1. The molecular weight excluding hydrogens is 1150 g/mol. The van der Waals surface area contributed by atoms with E-state index in [9.17, 15) is 39.0 Å². The van der Waals surface area contributed by atoms with E-state index < -0.39 is 53.1 Å². The summed E-state index contributed by atoms with van der Waals surface area (Å²) in [5.41, 5.74) is 8.35. The molecule has 2 aromatic carbocycles. The van der Waals surface area contributed by atoms with Crippen LogP contribution in [-0.2, 0) is 51.3 Å². The van der Waals surface area contributed by atoms with E-state index >= 15 is 0 Å². The first-order valence-electron chi connectivity index (χ1n) is 29.5. The molecule has 0 aliphatic carbocycles. The SMILES string of the molecule is Cc1ncsc1-c1ccc(CNC(=O)[C@@H]2C[C@@H](O)CN2C(=O)[C@@H](NC(=O)COCCN2CCCCC2)C(C)(C)C)cc1.Cc1ncsc1-c1ccc(CNC(=O)[C@@H]2C[C@@H](O)CN2C(=O)[C@@H](NC(=O)COCCN2CCNCC2)C(C)(C)C)cc1.Cl. The van der Waals surface area contributed by atoms with E-state index in [2.05, 4.69) is 46.4 Å². The minimum atomic E-state index is -0.884. The Morgan fingerprint density at radius 2 is 1.00 bits per heavy atom. The van der Waals surface area contributed by atoms with Crippen LogP contribution >= 0.6 is 35.1 Å². The normalized spacial score (nSPS) is 20.1. The fraction of sp³-hybridized carbons (Fsp3) is 0.607. The van der Waals surface area contributed by atoms with Crippen molar-refractivity contribution in [2.75, 3.05) is 91.9 Å². The van der Waals surface area contributed by atoms with Crippen molar-refractivity contribution in [3.05, 3.63) is 82.1 Å². The summed E-state index contributed by atoms with van der Waals surface area (Å²) in [5.74, 6) is -2.21. The predicted molar refractivity (Wildman–Crippen MR) is 332 cm³/mol. The number of rotatable bonds is 22. The van der Waals surface area contributed by atoms with Gasteiger partial charge in [-0.2, -0.15) is 0 Å². The molecule has 2 aromatic heterocycles. The Kier molecular flexibility index (Phi) is 26.2. The molecule has 4 saturated heterocycles. The van der Waals surface area contributed by atoms with Gasteiger partial charge in [-0.05, 0) is 72.9 Å². The molecule has 0 spiro atoms. The second-order valence-corrected chi connectivity index (χ2v) is 26.2. The number of carbonyl (C=O) groups excluding carboxylic acids is 6. The number of hydrogen-bond acceptors (Lipinski definition) is 17. The fourth-order valence-electron chi connectivity index (χ4n) is 10.8. The quantitative estimate of drug-likeness (QED) is 0.0542. The van der Waals surface area contributed by atoms with Gasteiger partial charge in [-0.15, -0.1) is 35.1 Å². The minimum Gasteiger partial charge on any atom is -0.391 e. The van der Waals surface area contributed by atoms with Gasteiger partial charge in [-0.25, -0.2) is 9.97 Å². The minimum absolute atomic E-state index is 0. The number of piperidine rings is 1. The maximum Gasteiger partial charge on any atom is 0.246 e. The average Bonchev–Trinajstić information content (AvgIpc) is 4.29. The number of aromatic nitrogens is 2. The van der Waals surface area contributed by atoms with Crippen LogP contribution < -0.4 is 26.6 Å². The number of piperazine rings is 1. The maximum absolute atomic E-state index is 13.7. The molecule has 4 aliphatic rings. The van der Waals surface area contributed by atoms with Crippen LogP contribution in [0.1, 0.15) is 96.2 Å². The van der Waals surface area contributed by atoms with Crippen LogP contribution in [0.4, 0.5) is 0 Å². The van der Waals surface area contributed by atoms with Gasteiger partial charge < -0.3 is 61.0 Å². The Labute approximate surface area is 515 Å². The highest BCUT2D eigenvalue weighted by atomic mass is 35.5. The Bertz CT molecular complexity index is 2610. The third kappa shape index (κ3) is 20.3. The van der Waals surface area contributed by atoms with Gasteiger partial charge in [0.15, 0.2) is 0 Å². The Morgan fingerprint density at radius 1 is 0.612 bits per heavy atom. The smallest absolute Gasteiger partial charge is 0.246 e. The van der Waals surface area contributed by atoms with Crippen molar-refractivity contribution < 1.29 is 48.5 Å². The lowest BCUT2D eigenvalue weighted by Gasteiger charge is -2.35. The van der Waals surface area contributed by atoms with Gasteiger partial charge >= 0.3 is 0 Å². The van der Waals surface area contributed by atoms with Crippen LogP contribution in [0.25, 0.3) is 20.9 Å². The van der Waals surface area contributed by atoms with Crippen molar-refractivity contribution in [1.82, 2.24) is 56.2 Å². The largest absolute Gasteiger partial charge is 0.391 e. The number of β-amino-alcohol motifs (C(OH)–C–C–N with tert-alkyl or cyclic N) is 2. The van der Waals surface area contributed by atoms with Gasteiger partial charge in [-0.3, -0.25) is 33.7 Å². The molecule has 0 saturated carbocycles. The van der Waals surface area contributed by atoms with Gasteiger partial charge in [-0.1, -0.05) is 96.5 Å². The van der Waals surface area contributed by atoms with Crippen LogP contribution in [0.15, 0.2) is 59.6 Å². The number of thiazole rings is 2. The number of aliphatic hydroxyl groups excluding tert-OH is 2. The number of hydrogen-bond donors (Lipinski definition) is 7. The number of nitrogens with zero attached hydrogens (tertiary/aromatic N) is 6. The molecule has 0 radical (unpaired) electrons. The molecular formula is C61H90ClN11O10S2. The van der Waals surface area contributed by atoms with E-state index in [1.54, 1.807) is 22.7 Å². The van der Waals surface area contributed by atoms with E-state index in [1.807, 2.05) is 115 Å². The van der Waals surface area contributed by atoms with Crippen molar-refractivity contribution >= 4 is 70.5 Å². The molecule has 4 aromatic rings. The second-order valence-electron chi connectivity index (χ2n) is 24.5. The Hall–Kier alpha value is -5.47. The van der Waals surface area contributed by atoms with Crippen molar-refractivity contribution in [2.45, 2.75) is 137 Å². The summed E-state index contributed by atoms with van der Waals surface area (Å²) in [5, 5.41) is 35.7. The topological polar surface area (TPSA) is 260 Å².